The Labute approximate surface area is 175 Å². The van der Waals surface area contributed by atoms with Gasteiger partial charge in [-0.2, -0.15) is 0 Å². The molecule has 0 aliphatic carbocycles. The zero-order valence-corrected chi connectivity index (χ0v) is 17.4. The van der Waals surface area contributed by atoms with Crippen LogP contribution in [-0.2, 0) is 0 Å². The molecule has 0 bridgehead atoms. The molecule has 1 saturated heterocycles. The van der Waals surface area contributed by atoms with Gasteiger partial charge in [-0.15, -0.1) is 0 Å². The first-order chi connectivity index (χ1) is 13.9. The number of benzene rings is 2. The number of phenolic OH excluding ortho intramolecular Hbond substituents is 2. The molecule has 0 radical (unpaired) electrons. The first-order valence-corrected chi connectivity index (χ1v) is 10.2. The molecule has 1 atom stereocenters. The SMILES string of the molecule is COc1ccc(O)c(C2=NC3(CCN(C)CC3)NC(c3cc(Cl)ccc3O)C2)c1. The van der Waals surface area contributed by atoms with Crippen molar-refractivity contribution in [2.75, 3.05) is 27.2 Å². The molecule has 7 heteroatoms. The van der Waals surface area contributed by atoms with Crippen molar-refractivity contribution < 1.29 is 14.9 Å². The van der Waals surface area contributed by atoms with E-state index < -0.39 is 5.66 Å². The first-order valence-electron chi connectivity index (χ1n) is 9.80. The summed E-state index contributed by atoms with van der Waals surface area (Å²) in [5, 5.41) is 25.3. The van der Waals surface area contributed by atoms with Crippen molar-refractivity contribution in [1.82, 2.24) is 10.2 Å². The molecule has 0 amide bonds. The zero-order chi connectivity index (χ0) is 20.6. The number of likely N-dealkylation sites (tertiary alicyclic amines) is 1. The molecular weight excluding hydrogens is 390 g/mol. The van der Waals surface area contributed by atoms with Crippen LogP contribution in [0, 0.1) is 0 Å². The lowest BCUT2D eigenvalue weighted by molar-refractivity contribution is 0.144. The molecule has 2 aliphatic heterocycles. The molecule has 1 unspecified atom stereocenters. The Balaban J connectivity index is 1.79. The minimum atomic E-state index is -0.449. The van der Waals surface area contributed by atoms with Crippen molar-refractivity contribution in [2.45, 2.75) is 31.0 Å². The standard InChI is InChI=1S/C22H26ClN3O3/c1-26-9-7-22(8-10-26)24-18(16-11-14(23)3-5-20(16)27)13-19(25-22)17-12-15(29-2)4-6-21(17)28/h3-6,11-12,18,24,27-28H,7-10,13H2,1-2H3. The van der Waals surface area contributed by atoms with Crippen LogP contribution in [0.15, 0.2) is 41.4 Å². The smallest absolute Gasteiger partial charge is 0.124 e. The lowest BCUT2D eigenvalue weighted by Crippen LogP contribution is -2.55. The predicted octanol–water partition coefficient (Wildman–Crippen LogP) is 3.71. The van der Waals surface area contributed by atoms with E-state index in [1.165, 1.54) is 0 Å². The van der Waals surface area contributed by atoms with Gasteiger partial charge in [-0.1, -0.05) is 11.6 Å². The van der Waals surface area contributed by atoms with Crippen molar-refractivity contribution in [3.05, 3.63) is 52.5 Å². The molecule has 2 heterocycles. The minimum Gasteiger partial charge on any atom is -0.508 e. The molecular formula is C22H26ClN3O3. The second-order valence-electron chi connectivity index (χ2n) is 7.88. The Kier molecular flexibility index (Phi) is 5.42. The van der Waals surface area contributed by atoms with E-state index in [4.69, 9.17) is 21.3 Å². The first kappa shape index (κ1) is 20.0. The van der Waals surface area contributed by atoms with Gasteiger partial charge in [0.05, 0.1) is 12.8 Å². The van der Waals surface area contributed by atoms with Gasteiger partial charge in [0, 0.05) is 41.7 Å². The Hall–Kier alpha value is -2.28. The average molecular weight is 416 g/mol. The fourth-order valence-electron chi connectivity index (χ4n) is 4.19. The van der Waals surface area contributed by atoms with Crippen LogP contribution in [0.1, 0.15) is 36.4 Å². The maximum Gasteiger partial charge on any atom is 0.124 e. The maximum atomic E-state index is 10.5. The maximum absolute atomic E-state index is 10.5. The highest BCUT2D eigenvalue weighted by Crippen LogP contribution is 2.39. The van der Waals surface area contributed by atoms with E-state index in [1.807, 2.05) is 6.07 Å². The van der Waals surface area contributed by atoms with Gasteiger partial charge in [0.25, 0.3) is 0 Å². The summed E-state index contributed by atoms with van der Waals surface area (Å²) in [6.07, 6.45) is 2.21. The Morgan fingerprint density at radius 3 is 2.59 bits per heavy atom. The largest absolute Gasteiger partial charge is 0.508 e. The molecule has 2 aliphatic rings. The van der Waals surface area contributed by atoms with E-state index in [0.717, 1.165) is 37.2 Å². The number of nitrogens with zero attached hydrogens (tertiary/aromatic N) is 2. The number of hydrogen-bond donors (Lipinski definition) is 3. The summed E-state index contributed by atoms with van der Waals surface area (Å²) >= 11 is 6.22. The lowest BCUT2D eigenvalue weighted by atomic mass is 9.87. The third-order valence-corrected chi connectivity index (χ3v) is 6.12. The number of aromatic hydroxyl groups is 2. The zero-order valence-electron chi connectivity index (χ0n) is 16.7. The fourth-order valence-corrected chi connectivity index (χ4v) is 4.37. The summed E-state index contributed by atoms with van der Waals surface area (Å²) in [5.41, 5.74) is 1.75. The van der Waals surface area contributed by atoms with Crippen LogP contribution < -0.4 is 10.1 Å². The van der Waals surface area contributed by atoms with E-state index in [0.29, 0.717) is 22.8 Å². The topological polar surface area (TPSA) is 77.3 Å². The van der Waals surface area contributed by atoms with Gasteiger partial charge in [0.1, 0.15) is 22.9 Å². The second-order valence-corrected chi connectivity index (χ2v) is 8.32. The van der Waals surface area contributed by atoms with Gasteiger partial charge in [-0.3, -0.25) is 10.3 Å². The molecule has 1 fully saturated rings. The van der Waals surface area contributed by atoms with E-state index in [9.17, 15) is 10.2 Å². The average Bonchev–Trinajstić information content (AvgIpc) is 2.72. The van der Waals surface area contributed by atoms with E-state index in [-0.39, 0.29) is 17.5 Å². The summed E-state index contributed by atoms with van der Waals surface area (Å²) in [5.74, 6) is 1.04. The summed E-state index contributed by atoms with van der Waals surface area (Å²) in [4.78, 5) is 7.37. The van der Waals surface area contributed by atoms with Crippen molar-refractivity contribution in [3.8, 4) is 17.2 Å². The van der Waals surface area contributed by atoms with Gasteiger partial charge in [0.15, 0.2) is 0 Å². The molecule has 3 N–H and O–H groups in total. The quantitative estimate of drug-likeness (QED) is 0.712. The van der Waals surface area contributed by atoms with Crippen LogP contribution in [0.2, 0.25) is 5.02 Å². The number of halogens is 1. The molecule has 0 saturated carbocycles. The molecule has 2 aromatic rings. The highest BCUT2D eigenvalue weighted by atomic mass is 35.5. The third kappa shape index (κ3) is 4.06. The van der Waals surface area contributed by atoms with Crippen LogP contribution in [0.25, 0.3) is 0 Å². The van der Waals surface area contributed by atoms with Crippen LogP contribution >= 0.6 is 11.6 Å². The molecule has 6 nitrogen and oxygen atoms in total. The molecule has 0 aromatic heterocycles. The normalized spacial score (nSPS) is 21.8. The van der Waals surface area contributed by atoms with Crippen molar-refractivity contribution >= 4 is 17.3 Å². The van der Waals surface area contributed by atoms with Crippen molar-refractivity contribution in [3.63, 3.8) is 0 Å². The van der Waals surface area contributed by atoms with E-state index in [1.54, 1.807) is 37.4 Å². The van der Waals surface area contributed by atoms with Crippen LogP contribution in [0.3, 0.4) is 0 Å². The summed E-state index contributed by atoms with van der Waals surface area (Å²) < 4.78 is 5.35. The molecule has 4 rings (SSSR count). The number of methoxy groups -OCH3 is 1. The van der Waals surface area contributed by atoms with Gasteiger partial charge < -0.3 is 19.8 Å². The second kappa shape index (κ2) is 7.86. The van der Waals surface area contributed by atoms with Gasteiger partial charge in [-0.05, 0) is 56.3 Å². The highest BCUT2D eigenvalue weighted by molar-refractivity contribution is 6.30. The number of nitrogens with one attached hydrogen (secondary N) is 1. The van der Waals surface area contributed by atoms with Gasteiger partial charge >= 0.3 is 0 Å². The number of piperidine rings is 1. The number of aliphatic imine (C=N–C) groups is 1. The monoisotopic (exact) mass is 415 g/mol. The van der Waals surface area contributed by atoms with Gasteiger partial charge in [-0.25, -0.2) is 0 Å². The molecule has 154 valence electrons. The molecule has 1 spiro atoms. The summed E-state index contributed by atoms with van der Waals surface area (Å²) in [6.45, 7) is 1.84. The minimum absolute atomic E-state index is 0.170. The Morgan fingerprint density at radius 2 is 1.86 bits per heavy atom. The Bertz CT molecular complexity index is 939. The fraction of sp³-hybridized carbons (Fsp3) is 0.409. The molecule has 29 heavy (non-hydrogen) atoms. The van der Waals surface area contributed by atoms with Crippen LogP contribution in [0.4, 0.5) is 0 Å². The summed E-state index contributed by atoms with van der Waals surface area (Å²) in [7, 11) is 3.71. The number of ether oxygens (including phenoxy) is 1. The van der Waals surface area contributed by atoms with Crippen molar-refractivity contribution in [2.24, 2.45) is 4.99 Å². The van der Waals surface area contributed by atoms with Gasteiger partial charge in [0.2, 0.25) is 0 Å². The van der Waals surface area contributed by atoms with Crippen LogP contribution in [-0.4, -0.2) is 53.7 Å². The van der Waals surface area contributed by atoms with Crippen molar-refractivity contribution in [1.29, 1.82) is 0 Å². The lowest BCUT2D eigenvalue weighted by Gasteiger charge is -2.44. The third-order valence-electron chi connectivity index (χ3n) is 5.88. The number of phenols is 2. The predicted molar refractivity (Wildman–Crippen MR) is 114 cm³/mol. The number of hydrogen-bond acceptors (Lipinski definition) is 6. The highest BCUT2D eigenvalue weighted by Gasteiger charge is 2.40. The number of rotatable bonds is 3. The van der Waals surface area contributed by atoms with Crippen LogP contribution in [0.5, 0.6) is 17.2 Å². The summed E-state index contributed by atoms with van der Waals surface area (Å²) in [6, 6.07) is 10.1. The van der Waals surface area contributed by atoms with E-state index >= 15 is 0 Å². The Morgan fingerprint density at radius 1 is 1.14 bits per heavy atom. The van der Waals surface area contributed by atoms with E-state index in [2.05, 4.69) is 17.3 Å². The molecule has 2 aromatic carbocycles.